The van der Waals surface area contributed by atoms with Gasteiger partial charge in [-0.15, -0.1) is 6.58 Å². The summed E-state index contributed by atoms with van der Waals surface area (Å²) in [4.78, 5) is 0. The summed E-state index contributed by atoms with van der Waals surface area (Å²) in [6, 6.07) is 0. The summed E-state index contributed by atoms with van der Waals surface area (Å²) in [5.41, 5.74) is 1.67. The minimum Gasteiger partial charge on any atom is -0.103 e. The smallest absolute Gasteiger partial charge is 0.0110 e. The van der Waals surface area contributed by atoms with Crippen molar-refractivity contribution in [3.05, 3.63) is 24.3 Å². The Morgan fingerprint density at radius 2 is 2.00 bits per heavy atom. The lowest BCUT2D eigenvalue weighted by molar-refractivity contribution is 0.410. The number of allylic oxidation sites excluding steroid dienone is 3. The van der Waals surface area contributed by atoms with E-state index in [2.05, 4.69) is 42.2 Å². The van der Waals surface area contributed by atoms with Crippen molar-refractivity contribution in [2.45, 2.75) is 49.4 Å². The van der Waals surface area contributed by atoms with Crippen LogP contribution in [0.2, 0.25) is 0 Å². The summed E-state index contributed by atoms with van der Waals surface area (Å²) in [5, 5.41) is 0. The summed E-state index contributed by atoms with van der Waals surface area (Å²) in [5.74, 6) is 0.881. The van der Waals surface area contributed by atoms with Crippen LogP contribution in [-0.4, -0.2) is 3.92 Å². The molecule has 0 aromatic heterocycles. The van der Waals surface area contributed by atoms with Crippen molar-refractivity contribution in [2.24, 2.45) is 5.92 Å². The molecule has 0 N–H and O–H groups in total. The zero-order valence-electron chi connectivity index (χ0n) is 9.14. The molecule has 1 aliphatic carbocycles. The Bertz CT molecular complexity index is 197. The van der Waals surface area contributed by atoms with Crippen molar-refractivity contribution in [3.63, 3.8) is 0 Å². The molecule has 1 fully saturated rings. The number of halogens is 1. The minimum absolute atomic E-state index is 0.881. The molecule has 0 saturated heterocycles. The molecule has 0 aliphatic heterocycles. The van der Waals surface area contributed by atoms with E-state index in [1.54, 1.807) is 5.57 Å². The van der Waals surface area contributed by atoms with Crippen molar-refractivity contribution in [2.75, 3.05) is 0 Å². The van der Waals surface area contributed by atoms with Crippen LogP contribution >= 0.6 is 22.6 Å². The van der Waals surface area contributed by atoms with Gasteiger partial charge in [0.05, 0.1) is 0 Å². The Labute approximate surface area is 102 Å². The molecule has 0 bridgehead atoms. The second-order valence-electron chi connectivity index (χ2n) is 4.14. The topological polar surface area (TPSA) is 0 Å². The fourth-order valence-corrected chi connectivity index (χ4v) is 3.00. The fourth-order valence-electron chi connectivity index (χ4n) is 2.28. The first-order chi connectivity index (χ1) is 6.77. The number of hydrogen-bond donors (Lipinski definition) is 0. The SMILES string of the molecule is C=CCC/C(=C\C)C1CCC(I)CC1. The van der Waals surface area contributed by atoms with Gasteiger partial charge in [0, 0.05) is 3.92 Å². The van der Waals surface area contributed by atoms with Crippen molar-refractivity contribution in [3.8, 4) is 0 Å². The van der Waals surface area contributed by atoms with Crippen LogP contribution in [-0.2, 0) is 0 Å². The lowest BCUT2D eigenvalue weighted by Crippen LogP contribution is -2.15. The average molecular weight is 304 g/mol. The largest absolute Gasteiger partial charge is 0.103 e. The first-order valence-electron chi connectivity index (χ1n) is 5.68. The highest BCUT2D eigenvalue weighted by Crippen LogP contribution is 2.34. The standard InChI is InChI=1S/C13H21I/c1-3-5-6-11(4-2)12-7-9-13(14)10-8-12/h3-4,12-13H,1,5-10H2,2H3/b11-4+. The molecule has 0 aromatic rings. The molecule has 0 amide bonds. The Balaban J connectivity index is 2.41. The van der Waals surface area contributed by atoms with Gasteiger partial charge in [-0.05, 0) is 51.4 Å². The lowest BCUT2D eigenvalue weighted by Gasteiger charge is -2.27. The van der Waals surface area contributed by atoms with Gasteiger partial charge >= 0.3 is 0 Å². The molecule has 80 valence electrons. The van der Waals surface area contributed by atoms with E-state index >= 15 is 0 Å². The molecule has 0 atom stereocenters. The summed E-state index contributed by atoms with van der Waals surface area (Å²) in [7, 11) is 0. The van der Waals surface area contributed by atoms with Crippen LogP contribution in [0, 0.1) is 5.92 Å². The molecule has 0 nitrogen and oxygen atoms in total. The van der Waals surface area contributed by atoms with E-state index in [9.17, 15) is 0 Å². The van der Waals surface area contributed by atoms with E-state index in [1.165, 1.54) is 32.1 Å². The molecule has 1 rings (SSSR count). The van der Waals surface area contributed by atoms with Crippen molar-refractivity contribution in [1.82, 2.24) is 0 Å². The summed E-state index contributed by atoms with van der Waals surface area (Å²) in [6.45, 7) is 5.98. The number of alkyl halides is 1. The van der Waals surface area contributed by atoms with Crippen LogP contribution in [0.15, 0.2) is 24.3 Å². The van der Waals surface area contributed by atoms with Gasteiger partial charge in [-0.1, -0.05) is 40.3 Å². The zero-order chi connectivity index (χ0) is 10.4. The van der Waals surface area contributed by atoms with Crippen molar-refractivity contribution in [1.29, 1.82) is 0 Å². The zero-order valence-corrected chi connectivity index (χ0v) is 11.3. The van der Waals surface area contributed by atoms with E-state index in [4.69, 9.17) is 0 Å². The van der Waals surface area contributed by atoms with Crippen molar-refractivity contribution >= 4 is 22.6 Å². The third kappa shape index (κ3) is 3.76. The van der Waals surface area contributed by atoms with Crippen LogP contribution in [0.25, 0.3) is 0 Å². The van der Waals surface area contributed by atoms with Crippen LogP contribution in [0.3, 0.4) is 0 Å². The number of rotatable bonds is 4. The van der Waals surface area contributed by atoms with Crippen molar-refractivity contribution < 1.29 is 0 Å². The van der Waals surface area contributed by atoms with Gasteiger partial charge in [-0.25, -0.2) is 0 Å². The summed E-state index contributed by atoms with van der Waals surface area (Å²) < 4.78 is 0.932. The predicted molar refractivity (Wildman–Crippen MR) is 73.0 cm³/mol. The molecule has 0 spiro atoms. The van der Waals surface area contributed by atoms with Gasteiger partial charge in [0.2, 0.25) is 0 Å². The molecule has 0 aromatic carbocycles. The van der Waals surface area contributed by atoms with E-state index in [1.807, 2.05) is 6.08 Å². The molecule has 0 heterocycles. The second kappa shape index (κ2) is 6.65. The Morgan fingerprint density at radius 3 is 2.50 bits per heavy atom. The molecule has 1 heteroatoms. The van der Waals surface area contributed by atoms with Gasteiger partial charge in [0.15, 0.2) is 0 Å². The van der Waals surface area contributed by atoms with Crippen LogP contribution in [0.5, 0.6) is 0 Å². The maximum absolute atomic E-state index is 3.80. The summed E-state index contributed by atoms with van der Waals surface area (Å²) >= 11 is 2.60. The van der Waals surface area contributed by atoms with E-state index < -0.39 is 0 Å². The monoisotopic (exact) mass is 304 g/mol. The highest BCUT2D eigenvalue weighted by Gasteiger charge is 2.21. The van der Waals surface area contributed by atoms with Crippen LogP contribution < -0.4 is 0 Å². The lowest BCUT2D eigenvalue weighted by atomic mass is 9.82. The first kappa shape index (κ1) is 12.3. The Hall–Kier alpha value is 0.210. The molecule has 14 heavy (non-hydrogen) atoms. The van der Waals surface area contributed by atoms with E-state index in [0.29, 0.717) is 0 Å². The highest BCUT2D eigenvalue weighted by molar-refractivity contribution is 14.1. The maximum Gasteiger partial charge on any atom is 0.0110 e. The molecule has 0 radical (unpaired) electrons. The molecule has 1 aliphatic rings. The van der Waals surface area contributed by atoms with Gasteiger partial charge in [0.25, 0.3) is 0 Å². The maximum atomic E-state index is 3.80. The predicted octanol–water partition coefficient (Wildman–Crippen LogP) is 4.89. The Kier molecular flexibility index (Phi) is 5.83. The van der Waals surface area contributed by atoms with Gasteiger partial charge < -0.3 is 0 Å². The quantitative estimate of drug-likeness (QED) is 0.394. The normalized spacial score (nSPS) is 28.9. The molecule has 0 unspecified atom stereocenters. The third-order valence-corrected chi connectivity index (χ3v) is 4.43. The average Bonchev–Trinajstić information content (AvgIpc) is 2.21. The molecular weight excluding hydrogens is 283 g/mol. The molecule has 1 saturated carbocycles. The second-order valence-corrected chi connectivity index (χ2v) is 5.90. The first-order valence-corrected chi connectivity index (χ1v) is 6.92. The minimum atomic E-state index is 0.881. The summed E-state index contributed by atoms with van der Waals surface area (Å²) in [6.07, 6.45) is 12.4. The van der Waals surface area contributed by atoms with Crippen LogP contribution in [0.1, 0.15) is 45.4 Å². The van der Waals surface area contributed by atoms with E-state index in [-0.39, 0.29) is 0 Å². The van der Waals surface area contributed by atoms with Crippen LogP contribution in [0.4, 0.5) is 0 Å². The van der Waals surface area contributed by atoms with Gasteiger partial charge in [0.1, 0.15) is 0 Å². The third-order valence-electron chi connectivity index (χ3n) is 3.19. The number of hydrogen-bond acceptors (Lipinski definition) is 0. The van der Waals surface area contributed by atoms with Gasteiger partial charge in [-0.2, -0.15) is 0 Å². The van der Waals surface area contributed by atoms with E-state index in [0.717, 1.165) is 16.3 Å². The molecular formula is C13H21I. The Morgan fingerprint density at radius 1 is 1.36 bits per heavy atom. The van der Waals surface area contributed by atoms with Gasteiger partial charge in [-0.3, -0.25) is 0 Å². The highest BCUT2D eigenvalue weighted by atomic mass is 127. The fraction of sp³-hybridized carbons (Fsp3) is 0.692.